The zero-order valence-corrected chi connectivity index (χ0v) is 13.6. The topological polar surface area (TPSA) is 61.3 Å². The molecule has 0 saturated heterocycles. The van der Waals surface area contributed by atoms with Crippen LogP contribution in [0.2, 0.25) is 0 Å². The minimum atomic E-state index is -3.19. The summed E-state index contributed by atoms with van der Waals surface area (Å²) in [6.07, 6.45) is 8.02. The Morgan fingerprint density at radius 3 is 2.96 bits per heavy atom. The number of aromatic amines is 1. The van der Waals surface area contributed by atoms with Gasteiger partial charge < -0.3 is 10.1 Å². The van der Waals surface area contributed by atoms with E-state index in [2.05, 4.69) is 21.5 Å². The standard InChI is InChI=1S/C17H18ClF2N3O/c1-2-10(4-3-5-14(24)17(19,20)11-6-7-11)15-12(18)8-13-16(23-15)22-9-21-13/h2-3,5-6,8-10,12,14-15,24H,1,4,7H2,(H,21,22,23)/b5-3+. The summed E-state index contributed by atoms with van der Waals surface area (Å²) in [5, 5.41) is 10.1. The van der Waals surface area contributed by atoms with Gasteiger partial charge in [-0.25, -0.2) is 4.98 Å². The summed E-state index contributed by atoms with van der Waals surface area (Å²) in [6.45, 7) is 3.78. The fourth-order valence-corrected chi connectivity index (χ4v) is 3.07. The van der Waals surface area contributed by atoms with Crippen LogP contribution in [0.25, 0.3) is 6.08 Å². The van der Waals surface area contributed by atoms with Crippen molar-refractivity contribution in [3.05, 3.63) is 53.6 Å². The van der Waals surface area contributed by atoms with Gasteiger partial charge in [-0.1, -0.05) is 24.3 Å². The number of alkyl halides is 3. The number of hydrogen-bond donors (Lipinski definition) is 2. The van der Waals surface area contributed by atoms with Crippen LogP contribution in [0.1, 0.15) is 12.8 Å². The number of fused-ring (bicyclic) bond motifs is 1. The molecule has 1 aromatic rings. The molecule has 0 saturated carbocycles. The lowest BCUT2D eigenvalue weighted by molar-refractivity contribution is -0.0515. The second-order valence-electron chi connectivity index (χ2n) is 5.94. The number of nitrogens with one attached hydrogen (secondary N) is 1. The van der Waals surface area contributed by atoms with Crippen LogP contribution < -0.4 is 10.8 Å². The summed E-state index contributed by atoms with van der Waals surface area (Å²) < 4.78 is 27.4. The molecule has 2 heterocycles. The third-order valence-electron chi connectivity index (χ3n) is 4.25. The number of allylic oxidation sites excluding steroid dienone is 2. The highest BCUT2D eigenvalue weighted by molar-refractivity contribution is 6.24. The third-order valence-corrected chi connectivity index (χ3v) is 4.63. The Labute approximate surface area is 143 Å². The quantitative estimate of drug-likeness (QED) is 0.581. The molecule has 24 heavy (non-hydrogen) atoms. The van der Waals surface area contributed by atoms with E-state index >= 15 is 0 Å². The van der Waals surface area contributed by atoms with Gasteiger partial charge in [-0.15, -0.1) is 18.2 Å². The molecule has 0 fully saturated rings. The highest BCUT2D eigenvalue weighted by Gasteiger charge is 2.44. The first-order valence-corrected chi connectivity index (χ1v) is 8.15. The molecular formula is C17H18ClF2N3O. The largest absolute Gasteiger partial charge is 0.382 e. The normalized spacial score (nSPS) is 25.2. The predicted octanol–water partition coefficient (Wildman–Crippen LogP) is 1.87. The lowest BCUT2D eigenvalue weighted by Crippen LogP contribution is -2.39. The molecule has 1 aliphatic heterocycles. The van der Waals surface area contributed by atoms with Crippen molar-refractivity contribution in [3.8, 4) is 0 Å². The molecule has 1 aromatic heterocycles. The van der Waals surface area contributed by atoms with Gasteiger partial charge in [0, 0.05) is 11.5 Å². The Hall–Kier alpha value is -1.79. The van der Waals surface area contributed by atoms with E-state index in [1.807, 2.05) is 6.08 Å². The Balaban J connectivity index is 1.68. The Morgan fingerprint density at radius 1 is 1.54 bits per heavy atom. The SMILES string of the molecule is C=CC(C/C=C/C(O)C(F)(F)C1=CC1)C1N=c2nc[nH]c2=CC1Cl. The second-order valence-corrected chi connectivity index (χ2v) is 6.44. The van der Waals surface area contributed by atoms with Crippen molar-refractivity contribution in [3.63, 3.8) is 0 Å². The minimum absolute atomic E-state index is 0.0105. The van der Waals surface area contributed by atoms with E-state index in [0.29, 0.717) is 11.9 Å². The molecule has 128 valence electrons. The molecule has 2 aliphatic rings. The van der Waals surface area contributed by atoms with Crippen molar-refractivity contribution in [1.82, 2.24) is 9.97 Å². The summed E-state index contributed by atoms with van der Waals surface area (Å²) in [4.78, 5) is 11.6. The monoisotopic (exact) mass is 353 g/mol. The number of halogens is 3. The zero-order chi connectivity index (χ0) is 17.3. The fourth-order valence-electron chi connectivity index (χ4n) is 2.70. The van der Waals surface area contributed by atoms with Crippen molar-refractivity contribution in [2.24, 2.45) is 10.9 Å². The van der Waals surface area contributed by atoms with Gasteiger partial charge in [0.15, 0.2) is 5.49 Å². The third kappa shape index (κ3) is 3.35. The molecule has 7 heteroatoms. The van der Waals surface area contributed by atoms with E-state index in [-0.39, 0.29) is 29.3 Å². The van der Waals surface area contributed by atoms with Crippen molar-refractivity contribution >= 4 is 17.7 Å². The molecule has 0 spiro atoms. The number of imidazole rings is 1. The summed E-state index contributed by atoms with van der Waals surface area (Å²) in [7, 11) is 0. The average Bonchev–Trinajstić information content (AvgIpc) is 3.32. The number of hydrogen-bond acceptors (Lipinski definition) is 3. The molecule has 0 radical (unpaired) electrons. The van der Waals surface area contributed by atoms with Crippen molar-refractivity contribution in [2.75, 3.05) is 0 Å². The van der Waals surface area contributed by atoms with Crippen molar-refractivity contribution in [1.29, 1.82) is 0 Å². The number of aliphatic hydroxyl groups excluding tert-OH is 1. The van der Waals surface area contributed by atoms with Gasteiger partial charge in [0.2, 0.25) is 0 Å². The number of aliphatic hydroxyl groups is 1. The second kappa shape index (κ2) is 6.61. The Morgan fingerprint density at radius 2 is 2.29 bits per heavy atom. The van der Waals surface area contributed by atoms with Crippen LogP contribution in [-0.4, -0.2) is 38.5 Å². The van der Waals surface area contributed by atoms with E-state index in [9.17, 15) is 13.9 Å². The number of nitrogens with zero attached hydrogens (tertiary/aromatic N) is 2. The number of H-pyrrole nitrogens is 1. The van der Waals surface area contributed by atoms with Crippen molar-refractivity contribution in [2.45, 2.75) is 36.3 Å². The van der Waals surface area contributed by atoms with Gasteiger partial charge in [0.1, 0.15) is 6.10 Å². The molecule has 4 atom stereocenters. The maximum atomic E-state index is 13.7. The smallest absolute Gasteiger partial charge is 0.298 e. The van der Waals surface area contributed by atoms with Crippen molar-refractivity contribution < 1.29 is 13.9 Å². The Bertz CT molecular complexity index is 799. The molecule has 3 rings (SSSR count). The Kier molecular flexibility index (Phi) is 4.69. The van der Waals surface area contributed by atoms with Gasteiger partial charge in [0.25, 0.3) is 5.92 Å². The van der Waals surface area contributed by atoms with Gasteiger partial charge in [-0.3, -0.25) is 4.99 Å². The van der Waals surface area contributed by atoms with Crippen LogP contribution in [0.4, 0.5) is 8.78 Å². The summed E-state index contributed by atoms with van der Waals surface area (Å²) in [6, 6.07) is -0.284. The first kappa shape index (κ1) is 17.0. The van der Waals surface area contributed by atoms with Crippen LogP contribution in [0.15, 0.2) is 47.8 Å². The molecule has 0 amide bonds. The molecule has 2 N–H and O–H groups in total. The minimum Gasteiger partial charge on any atom is -0.382 e. The lowest BCUT2D eigenvalue weighted by Gasteiger charge is -2.24. The highest BCUT2D eigenvalue weighted by atomic mass is 35.5. The lowest BCUT2D eigenvalue weighted by atomic mass is 9.92. The number of aromatic nitrogens is 2. The first-order valence-electron chi connectivity index (χ1n) is 7.71. The molecule has 1 aliphatic carbocycles. The van der Waals surface area contributed by atoms with Crippen LogP contribution in [0, 0.1) is 5.92 Å². The van der Waals surface area contributed by atoms with Crippen LogP contribution in [-0.2, 0) is 0 Å². The molecule has 0 aromatic carbocycles. The van der Waals surface area contributed by atoms with E-state index in [1.165, 1.54) is 12.2 Å². The maximum Gasteiger partial charge on any atom is 0.298 e. The summed E-state index contributed by atoms with van der Waals surface area (Å²) in [5.74, 6) is -3.34. The van der Waals surface area contributed by atoms with Crippen LogP contribution in [0.5, 0.6) is 0 Å². The fraction of sp³-hybridized carbons (Fsp3) is 0.412. The van der Waals surface area contributed by atoms with Gasteiger partial charge in [-0.05, 0) is 18.9 Å². The first-order chi connectivity index (χ1) is 11.4. The number of rotatable bonds is 7. The van der Waals surface area contributed by atoms with E-state index in [4.69, 9.17) is 11.6 Å². The maximum absolute atomic E-state index is 13.7. The molecule has 4 unspecified atom stereocenters. The van der Waals surface area contributed by atoms with Gasteiger partial charge >= 0.3 is 0 Å². The zero-order valence-electron chi connectivity index (χ0n) is 12.9. The van der Waals surface area contributed by atoms with Crippen LogP contribution in [0.3, 0.4) is 0 Å². The van der Waals surface area contributed by atoms with Gasteiger partial charge in [0.05, 0.1) is 23.1 Å². The van der Waals surface area contributed by atoms with E-state index in [0.717, 1.165) is 11.4 Å². The summed E-state index contributed by atoms with van der Waals surface area (Å²) in [5.41, 5.74) is 0.573. The van der Waals surface area contributed by atoms with E-state index in [1.54, 1.807) is 12.4 Å². The predicted molar refractivity (Wildman–Crippen MR) is 88.4 cm³/mol. The van der Waals surface area contributed by atoms with E-state index < -0.39 is 12.0 Å². The highest BCUT2D eigenvalue weighted by Crippen LogP contribution is 2.39. The average molecular weight is 354 g/mol. The van der Waals surface area contributed by atoms with Gasteiger partial charge in [-0.2, -0.15) is 8.78 Å². The van der Waals surface area contributed by atoms with Crippen LogP contribution >= 0.6 is 11.6 Å². The molecule has 4 nitrogen and oxygen atoms in total. The molecule has 0 bridgehead atoms. The summed E-state index contributed by atoms with van der Waals surface area (Å²) >= 11 is 6.36. The molecular weight excluding hydrogens is 336 g/mol.